The van der Waals surface area contributed by atoms with Crippen molar-refractivity contribution < 1.29 is 8.42 Å². The van der Waals surface area contributed by atoms with Crippen LogP contribution in [0.3, 0.4) is 0 Å². The third-order valence-corrected chi connectivity index (χ3v) is 4.42. The van der Waals surface area contributed by atoms with Crippen LogP contribution in [0.4, 0.5) is 0 Å². The van der Waals surface area contributed by atoms with Gasteiger partial charge in [0.15, 0.2) is 0 Å². The summed E-state index contributed by atoms with van der Waals surface area (Å²) in [7, 11) is -3.40. The lowest BCUT2D eigenvalue weighted by atomic mass is 10.1. The average Bonchev–Trinajstić information content (AvgIpc) is 2.92. The highest BCUT2D eigenvalue weighted by atomic mass is 32.2. The van der Waals surface area contributed by atoms with E-state index in [1.54, 1.807) is 31.5 Å². The minimum absolute atomic E-state index is 0.0555. The molecular weight excluding hydrogens is 276 g/mol. The van der Waals surface area contributed by atoms with Gasteiger partial charge in [-0.3, -0.25) is 5.10 Å². The van der Waals surface area contributed by atoms with Gasteiger partial charge in [0.1, 0.15) is 0 Å². The van der Waals surface area contributed by atoms with Gasteiger partial charge in [-0.25, -0.2) is 13.1 Å². The number of hydrogen-bond donors (Lipinski definition) is 3. The summed E-state index contributed by atoms with van der Waals surface area (Å²) >= 11 is 0. The number of H-pyrrole nitrogens is 1. The zero-order valence-corrected chi connectivity index (χ0v) is 12.0. The molecule has 0 fully saturated rings. The molecule has 0 amide bonds. The highest BCUT2D eigenvalue weighted by Gasteiger charge is 2.17. The Balaban J connectivity index is 2.03. The maximum absolute atomic E-state index is 12.1. The zero-order valence-electron chi connectivity index (χ0n) is 11.2. The van der Waals surface area contributed by atoms with Crippen molar-refractivity contribution in [2.24, 2.45) is 5.73 Å². The van der Waals surface area contributed by atoms with E-state index < -0.39 is 10.0 Å². The molecule has 0 saturated carbocycles. The maximum Gasteiger partial charge on any atom is 0.216 e. The van der Waals surface area contributed by atoms with Crippen LogP contribution in [-0.2, 0) is 22.3 Å². The number of nitrogens with zero attached hydrogens (tertiary/aromatic N) is 1. The third kappa shape index (κ3) is 3.89. The van der Waals surface area contributed by atoms with E-state index in [-0.39, 0.29) is 11.8 Å². The quantitative estimate of drug-likeness (QED) is 0.741. The minimum Gasteiger partial charge on any atom is -0.326 e. The predicted octanol–water partition coefficient (Wildman–Crippen LogP) is 1.05. The van der Waals surface area contributed by atoms with Crippen LogP contribution in [-0.4, -0.2) is 18.6 Å². The van der Waals surface area contributed by atoms with Crippen molar-refractivity contribution in [1.29, 1.82) is 0 Å². The van der Waals surface area contributed by atoms with E-state index >= 15 is 0 Å². The molecule has 2 rings (SSSR count). The van der Waals surface area contributed by atoms with Crippen molar-refractivity contribution >= 4 is 10.0 Å². The molecule has 1 aromatic heterocycles. The molecule has 20 heavy (non-hydrogen) atoms. The fraction of sp³-hybridized carbons (Fsp3) is 0.308. The first-order chi connectivity index (χ1) is 9.50. The summed E-state index contributed by atoms with van der Waals surface area (Å²) in [4.78, 5) is 0. The van der Waals surface area contributed by atoms with Gasteiger partial charge < -0.3 is 5.73 Å². The van der Waals surface area contributed by atoms with Gasteiger partial charge in [-0.05, 0) is 18.1 Å². The first-order valence-electron chi connectivity index (χ1n) is 6.27. The predicted molar refractivity (Wildman–Crippen MR) is 77.1 cm³/mol. The molecule has 2 aromatic rings. The molecule has 1 heterocycles. The highest BCUT2D eigenvalue weighted by molar-refractivity contribution is 7.88. The summed E-state index contributed by atoms with van der Waals surface area (Å²) in [6.07, 6.45) is 3.27. The average molecular weight is 294 g/mol. The first-order valence-corrected chi connectivity index (χ1v) is 7.92. The van der Waals surface area contributed by atoms with Crippen LogP contribution in [0.5, 0.6) is 0 Å². The standard InChI is InChI=1S/C13H18N4O2S/c1-10(13-7-15-16-8-13)17-20(18,19)9-12-4-2-11(6-14)3-5-12/h2-5,7-8,10,17H,6,9,14H2,1H3,(H,15,16). The van der Waals surface area contributed by atoms with Gasteiger partial charge in [-0.1, -0.05) is 24.3 Å². The zero-order chi connectivity index (χ0) is 14.6. The molecule has 0 radical (unpaired) electrons. The van der Waals surface area contributed by atoms with Gasteiger partial charge in [0.2, 0.25) is 10.0 Å². The van der Waals surface area contributed by atoms with E-state index in [0.29, 0.717) is 6.54 Å². The second-order valence-electron chi connectivity index (χ2n) is 4.65. The largest absolute Gasteiger partial charge is 0.326 e. The van der Waals surface area contributed by atoms with E-state index in [1.807, 2.05) is 12.1 Å². The highest BCUT2D eigenvalue weighted by Crippen LogP contribution is 2.13. The van der Waals surface area contributed by atoms with Crippen molar-refractivity contribution in [1.82, 2.24) is 14.9 Å². The number of nitrogens with one attached hydrogen (secondary N) is 2. The van der Waals surface area contributed by atoms with Crippen LogP contribution in [0.2, 0.25) is 0 Å². The fourth-order valence-electron chi connectivity index (χ4n) is 1.87. The van der Waals surface area contributed by atoms with Crippen LogP contribution >= 0.6 is 0 Å². The van der Waals surface area contributed by atoms with Crippen molar-refractivity contribution in [3.05, 3.63) is 53.3 Å². The summed E-state index contributed by atoms with van der Waals surface area (Å²) in [6, 6.07) is 6.92. The Morgan fingerprint density at radius 2 is 1.95 bits per heavy atom. The van der Waals surface area contributed by atoms with Crippen molar-refractivity contribution in [3.8, 4) is 0 Å². The van der Waals surface area contributed by atoms with Crippen LogP contribution in [0.1, 0.15) is 29.7 Å². The van der Waals surface area contributed by atoms with Crippen LogP contribution < -0.4 is 10.5 Å². The van der Waals surface area contributed by atoms with E-state index in [0.717, 1.165) is 16.7 Å². The normalized spacial score (nSPS) is 13.3. The molecule has 108 valence electrons. The molecule has 0 aliphatic carbocycles. The molecular formula is C13H18N4O2S. The molecule has 1 aromatic carbocycles. The summed E-state index contributed by atoms with van der Waals surface area (Å²) < 4.78 is 26.8. The SMILES string of the molecule is CC(NS(=O)(=O)Cc1ccc(CN)cc1)c1cn[nH]c1. The molecule has 0 bridgehead atoms. The third-order valence-electron chi connectivity index (χ3n) is 2.99. The second-order valence-corrected chi connectivity index (χ2v) is 6.40. The molecule has 4 N–H and O–H groups in total. The van der Waals surface area contributed by atoms with E-state index in [2.05, 4.69) is 14.9 Å². The number of rotatable bonds is 6. The Bertz CT molecular complexity index is 636. The Morgan fingerprint density at radius 3 is 2.50 bits per heavy atom. The monoisotopic (exact) mass is 294 g/mol. The minimum atomic E-state index is -3.40. The van der Waals surface area contributed by atoms with Crippen LogP contribution in [0.25, 0.3) is 0 Å². The van der Waals surface area contributed by atoms with E-state index in [4.69, 9.17) is 5.73 Å². The lowest BCUT2D eigenvalue weighted by Gasteiger charge is -2.12. The lowest BCUT2D eigenvalue weighted by molar-refractivity contribution is 0.566. The Morgan fingerprint density at radius 1 is 1.30 bits per heavy atom. The molecule has 0 aliphatic heterocycles. The Kier molecular flexibility index (Phi) is 4.53. The summed E-state index contributed by atoms with van der Waals surface area (Å²) in [5.41, 5.74) is 8.01. The second kappa shape index (κ2) is 6.17. The number of sulfonamides is 1. The molecule has 1 unspecified atom stereocenters. The lowest BCUT2D eigenvalue weighted by Crippen LogP contribution is -2.27. The van der Waals surface area contributed by atoms with Gasteiger partial charge in [0.05, 0.1) is 11.9 Å². The Hall–Kier alpha value is -1.70. The molecule has 7 heteroatoms. The number of benzene rings is 1. The summed E-state index contributed by atoms with van der Waals surface area (Å²) in [6.45, 7) is 2.22. The van der Waals surface area contributed by atoms with Gasteiger partial charge in [0.25, 0.3) is 0 Å². The molecule has 0 aliphatic rings. The van der Waals surface area contributed by atoms with Crippen molar-refractivity contribution in [3.63, 3.8) is 0 Å². The van der Waals surface area contributed by atoms with Crippen molar-refractivity contribution in [2.45, 2.75) is 25.3 Å². The van der Waals surface area contributed by atoms with Gasteiger partial charge in [0, 0.05) is 24.3 Å². The summed E-state index contributed by atoms with van der Waals surface area (Å²) in [5.74, 6) is -0.0555. The van der Waals surface area contributed by atoms with Gasteiger partial charge in [-0.15, -0.1) is 0 Å². The van der Waals surface area contributed by atoms with E-state index in [9.17, 15) is 8.42 Å². The number of hydrogen-bond acceptors (Lipinski definition) is 4. The van der Waals surface area contributed by atoms with Crippen molar-refractivity contribution in [2.75, 3.05) is 0 Å². The molecule has 0 spiro atoms. The topological polar surface area (TPSA) is 101 Å². The first kappa shape index (κ1) is 14.7. The van der Waals surface area contributed by atoms with Crippen LogP contribution in [0, 0.1) is 0 Å². The molecule has 1 atom stereocenters. The number of aromatic amines is 1. The smallest absolute Gasteiger partial charge is 0.216 e. The van der Waals surface area contributed by atoms with Gasteiger partial charge >= 0.3 is 0 Å². The summed E-state index contributed by atoms with van der Waals surface area (Å²) in [5, 5.41) is 6.47. The van der Waals surface area contributed by atoms with Crippen LogP contribution in [0.15, 0.2) is 36.7 Å². The molecule has 0 saturated heterocycles. The maximum atomic E-state index is 12.1. The van der Waals surface area contributed by atoms with Gasteiger partial charge in [-0.2, -0.15) is 5.10 Å². The number of aromatic nitrogens is 2. The molecule has 6 nitrogen and oxygen atoms in total. The Labute approximate surface area is 118 Å². The number of nitrogens with two attached hydrogens (primary N) is 1. The fourth-order valence-corrected chi connectivity index (χ4v) is 3.26. The van der Waals surface area contributed by atoms with E-state index in [1.165, 1.54) is 0 Å².